The summed E-state index contributed by atoms with van der Waals surface area (Å²) in [6, 6.07) is 4.63. The number of likely N-dealkylation sites (tertiary alicyclic amines) is 1. The van der Waals surface area contributed by atoms with E-state index in [1.54, 1.807) is 35.3 Å². The molecule has 1 aromatic carbocycles. The number of amides is 1. The van der Waals surface area contributed by atoms with Gasteiger partial charge in [-0.2, -0.15) is 10.1 Å². The van der Waals surface area contributed by atoms with Gasteiger partial charge in [0.1, 0.15) is 17.8 Å². The number of piperidine rings is 1. The summed E-state index contributed by atoms with van der Waals surface area (Å²) in [5.41, 5.74) is 1.06. The molecule has 2 aliphatic rings. The average molecular weight is 520 g/mol. The first-order chi connectivity index (χ1) is 16.9. The SMILES string of the molecule is CN1CCC(n2cc(Nc3ncc(C(=O)Nc4c(Cl)cccc4Cl)c(OC4CC4)n3)cn2)[C@@H](F)C1. The molecule has 184 valence electrons. The lowest BCUT2D eigenvalue weighted by Gasteiger charge is -2.32. The van der Waals surface area contributed by atoms with Gasteiger partial charge in [0.2, 0.25) is 11.8 Å². The molecule has 2 fully saturated rings. The van der Waals surface area contributed by atoms with Crippen LogP contribution in [-0.4, -0.2) is 63.0 Å². The van der Waals surface area contributed by atoms with Crippen LogP contribution in [0.25, 0.3) is 0 Å². The van der Waals surface area contributed by atoms with Crippen LogP contribution in [0.1, 0.15) is 35.7 Å². The van der Waals surface area contributed by atoms with Crippen LogP contribution in [0.3, 0.4) is 0 Å². The predicted octanol–water partition coefficient (Wildman–Crippen LogP) is 4.73. The number of nitrogens with zero attached hydrogens (tertiary/aromatic N) is 5. The molecule has 5 rings (SSSR count). The molecule has 1 aliphatic carbocycles. The van der Waals surface area contributed by atoms with Gasteiger partial charge >= 0.3 is 0 Å². The number of halogens is 3. The molecule has 0 radical (unpaired) electrons. The Balaban J connectivity index is 1.34. The molecular formula is C23H24Cl2FN7O2. The average Bonchev–Trinajstić information content (AvgIpc) is 3.52. The van der Waals surface area contributed by atoms with Crippen LogP contribution in [0.4, 0.5) is 21.7 Å². The Labute approximate surface area is 211 Å². The molecule has 0 spiro atoms. The van der Waals surface area contributed by atoms with E-state index in [0.717, 1.165) is 19.4 Å². The topological polar surface area (TPSA) is 97.2 Å². The van der Waals surface area contributed by atoms with Crippen molar-refractivity contribution in [3.8, 4) is 5.88 Å². The minimum atomic E-state index is -0.999. The number of ether oxygens (including phenoxy) is 1. The fraction of sp³-hybridized carbons (Fsp3) is 0.391. The van der Waals surface area contributed by atoms with E-state index in [-0.39, 0.29) is 29.5 Å². The molecule has 35 heavy (non-hydrogen) atoms. The van der Waals surface area contributed by atoms with Gasteiger partial charge in [-0.3, -0.25) is 9.48 Å². The van der Waals surface area contributed by atoms with E-state index < -0.39 is 12.1 Å². The van der Waals surface area contributed by atoms with E-state index >= 15 is 0 Å². The number of anilines is 3. The second kappa shape index (κ2) is 9.96. The maximum absolute atomic E-state index is 14.5. The molecule has 3 aromatic rings. The number of rotatable bonds is 7. The summed E-state index contributed by atoms with van der Waals surface area (Å²) in [5.74, 6) is -0.115. The fourth-order valence-corrected chi connectivity index (χ4v) is 4.36. The van der Waals surface area contributed by atoms with Crippen molar-refractivity contribution in [3.63, 3.8) is 0 Å². The maximum atomic E-state index is 14.5. The Morgan fingerprint density at radius 1 is 1.20 bits per heavy atom. The van der Waals surface area contributed by atoms with E-state index in [4.69, 9.17) is 27.9 Å². The maximum Gasteiger partial charge on any atom is 0.262 e. The Hall–Kier alpha value is -2.95. The van der Waals surface area contributed by atoms with Crippen molar-refractivity contribution in [2.75, 3.05) is 30.8 Å². The fourth-order valence-electron chi connectivity index (χ4n) is 3.87. The largest absolute Gasteiger partial charge is 0.474 e. The number of aromatic nitrogens is 4. The van der Waals surface area contributed by atoms with Crippen LogP contribution in [-0.2, 0) is 0 Å². The van der Waals surface area contributed by atoms with Crippen LogP contribution < -0.4 is 15.4 Å². The number of para-hydroxylation sites is 1. The summed E-state index contributed by atoms with van der Waals surface area (Å²) < 4.78 is 22.0. The van der Waals surface area contributed by atoms with E-state index in [2.05, 4.69) is 25.7 Å². The van der Waals surface area contributed by atoms with Gasteiger partial charge < -0.3 is 20.3 Å². The third kappa shape index (κ3) is 5.50. The second-order valence-electron chi connectivity index (χ2n) is 8.75. The van der Waals surface area contributed by atoms with Crippen molar-refractivity contribution in [2.24, 2.45) is 0 Å². The van der Waals surface area contributed by atoms with E-state index in [1.165, 1.54) is 6.20 Å². The third-order valence-electron chi connectivity index (χ3n) is 5.91. The zero-order valence-corrected chi connectivity index (χ0v) is 20.4. The summed E-state index contributed by atoms with van der Waals surface area (Å²) in [5, 5.41) is 10.7. The standard InChI is InChI=1S/C23H24Cl2FN7O2/c1-32-8-7-19(18(26)12-32)33-11-13(9-28-33)29-23-27-10-15(22(31-23)35-14-5-6-14)21(34)30-20-16(24)3-2-4-17(20)25/h2-4,9-11,14,18-19H,5-8,12H2,1H3,(H,30,34)(H,27,29,31)/t18-,19?/m0/s1. The van der Waals surface area contributed by atoms with Crippen molar-refractivity contribution in [1.29, 1.82) is 0 Å². The number of benzene rings is 1. The zero-order chi connectivity index (χ0) is 24.5. The monoisotopic (exact) mass is 519 g/mol. The van der Waals surface area contributed by atoms with Crippen LogP contribution in [0.15, 0.2) is 36.8 Å². The van der Waals surface area contributed by atoms with Gasteiger partial charge in [0.25, 0.3) is 5.91 Å². The second-order valence-corrected chi connectivity index (χ2v) is 9.56. The molecule has 1 saturated carbocycles. The van der Waals surface area contributed by atoms with E-state index in [0.29, 0.717) is 34.4 Å². The first kappa shape index (κ1) is 23.8. The number of carbonyl (C=O) groups excluding carboxylic acids is 1. The molecule has 1 amide bonds. The first-order valence-electron chi connectivity index (χ1n) is 11.3. The van der Waals surface area contributed by atoms with Gasteiger partial charge in [-0.1, -0.05) is 29.3 Å². The van der Waals surface area contributed by atoms with Crippen molar-refractivity contribution in [3.05, 3.63) is 52.4 Å². The molecule has 12 heteroatoms. The summed E-state index contributed by atoms with van der Waals surface area (Å²) in [4.78, 5) is 23.6. The number of hydrogen-bond donors (Lipinski definition) is 2. The first-order valence-corrected chi connectivity index (χ1v) is 12.1. The zero-order valence-electron chi connectivity index (χ0n) is 18.9. The Morgan fingerprint density at radius 3 is 2.69 bits per heavy atom. The van der Waals surface area contributed by atoms with Crippen molar-refractivity contribution in [2.45, 2.75) is 37.6 Å². The highest BCUT2D eigenvalue weighted by Gasteiger charge is 2.30. The number of hydrogen-bond acceptors (Lipinski definition) is 7. The molecule has 2 N–H and O–H groups in total. The summed E-state index contributed by atoms with van der Waals surface area (Å²) in [6.45, 7) is 1.18. The molecule has 2 aromatic heterocycles. The molecule has 9 nitrogen and oxygen atoms in total. The molecule has 2 atom stereocenters. The quantitative estimate of drug-likeness (QED) is 0.465. The third-order valence-corrected chi connectivity index (χ3v) is 6.54. The number of nitrogens with one attached hydrogen (secondary N) is 2. The molecular weight excluding hydrogens is 496 g/mol. The molecule has 1 aliphatic heterocycles. The highest BCUT2D eigenvalue weighted by Crippen LogP contribution is 2.33. The van der Waals surface area contributed by atoms with Crippen LogP contribution >= 0.6 is 23.2 Å². The minimum absolute atomic E-state index is 0.00173. The summed E-state index contributed by atoms with van der Waals surface area (Å²) in [7, 11) is 1.91. The highest BCUT2D eigenvalue weighted by atomic mass is 35.5. The van der Waals surface area contributed by atoms with Crippen LogP contribution in [0.2, 0.25) is 10.0 Å². The lowest BCUT2D eigenvalue weighted by atomic mass is 10.0. The number of alkyl halides is 1. The van der Waals surface area contributed by atoms with Gasteiger partial charge in [-0.15, -0.1) is 0 Å². The Bertz CT molecular complexity index is 1220. The Morgan fingerprint density at radius 2 is 1.97 bits per heavy atom. The predicted molar refractivity (Wildman–Crippen MR) is 132 cm³/mol. The molecule has 3 heterocycles. The lowest BCUT2D eigenvalue weighted by molar-refractivity contribution is 0.100. The van der Waals surface area contributed by atoms with Gasteiger partial charge in [0.15, 0.2) is 0 Å². The Kier molecular flexibility index (Phi) is 6.77. The van der Waals surface area contributed by atoms with Crippen molar-refractivity contribution >= 4 is 46.4 Å². The van der Waals surface area contributed by atoms with Gasteiger partial charge in [0.05, 0.1) is 33.7 Å². The lowest BCUT2D eigenvalue weighted by Crippen LogP contribution is -2.40. The molecule has 0 bridgehead atoms. The van der Waals surface area contributed by atoms with E-state index in [9.17, 15) is 9.18 Å². The number of carbonyl (C=O) groups is 1. The minimum Gasteiger partial charge on any atom is -0.474 e. The highest BCUT2D eigenvalue weighted by molar-refractivity contribution is 6.40. The van der Waals surface area contributed by atoms with Gasteiger partial charge in [-0.05, 0) is 38.4 Å². The van der Waals surface area contributed by atoms with Crippen LogP contribution in [0, 0.1) is 0 Å². The normalized spacial score (nSPS) is 20.5. The summed E-state index contributed by atoms with van der Waals surface area (Å²) in [6.07, 6.45) is 6.15. The van der Waals surface area contributed by atoms with E-state index in [1.807, 2.05) is 11.9 Å². The van der Waals surface area contributed by atoms with Gasteiger partial charge in [0, 0.05) is 25.5 Å². The van der Waals surface area contributed by atoms with Crippen molar-refractivity contribution < 1.29 is 13.9 Å². The molecule has 1 unspecified atom stereocenters. The molecule has 1 saturated heterocycles. The summed E-state index contributed by atoms with van der Waals surface area (Å²) >= 11 is 12.4. The van der Waals surface area contributed by atoms with Crippen LogP contribution in [0.5, 0.6) is 5.88 Å². The van der Waals surface area contributed by atoms with Gasteiger partial charge in [-0.25, -0.2) is 9.37 Å². The smallest absolute Gasteiger partial charge is 0.262 e. The van der Waals surface area contributed by atoms with Crippen molar-refractivity contribution in [1.82, 2.24) is 24.6 Å².